The highest BCUT2D eigenvalue weighted by atomic mass is 32.2. The molecule has 10 nitrogen and oxygen atoms in total. The second-order valence-electron chi connectivity index (χ2n) is 9.06. The lowest BCUT2D eigenvalue weighted by Crippen LogP contribution is -2.39. The van der Waals surface area contributed by atoms with Crippen LogP contribution in [-0.2, 0) is 29.0 Å². The molecule has 202 valence electrons. The third-order valence-electron chi connectivity index (χ3n) is 6.50. The van der Waals surface area contributed by atoms with Crippen LogP contribution in [0.4, 0.5) is 11.4 Å². The van der Waals surface area contributed by atoms with Gasteiger partial charge in [-0.15, -0.1) is 0 Å². The number of ether oxygens (including phenoxy) is 1. The summed E-state index contributed by atoms with van der Waals surface area (Å²) in [5.41, 5.74) is 1.88. The molecule has 1 atom stereocenters. The number of fused-ring (bicyclic) bond motifs is 1. The number of rotatable bonds is 6. The topological polar surface area (TPSA) is 130 Å². The van der Waals surface area contributed by atoms with E-state index in [0.29, 0.717) is 22.5 Å². The molecular weight excluding hydrogens is 563 g/mol. The summed E-state index contributed by atoms with van der Waals surface area (Å²) in [4.78, 5) is 54.5. The minimum Gasteiger partial charge on any atom is -0.462 e. The molecule has 5 rings (SSSR count). The second-order valence-corrected chi connectivity index (χ2v) is 12.9. The van der Waals surface area contributed by atoms with Crippen LogP contribution in [0.1, 0.15) is 29.3 Å². The molecule has 2 fully saturated rings. The van der Waals surface area contributed by atoms with Crippen molar-refractivity contribution in [2.45, 2.75) is 19.4 Å². The summed E-state index contributed by atoms with van der Waals surface area (Å²) >= 11 is 6.38. The molecule has 0 aromatic heterocycles. The lowest BCUT2D eigenvalue weighted by molar-refractivity contribution is -0.123. The number of carbonyl (C=O) groups excluding carboxylic acids is 4. The van der Waals surface area contributed by atoms with Crippen molar-refractivity contribution in [1.29, 1.82) is 0 Å². The van der Waals surface area contributed by atoms with Gasteiger partial charge in [0.1, 0.15) is 10.9 Å². The van der Waals surface area contributed by atoms with Crippen molar-refractivity contribution >= 4 is 78.8 Å². The van der Waals surface area contributed by atoms with Gasteiger partial charge < -0.3 is 10.1 Å². The zero-order chi connectivity index (χ0) is 27.9. The van der Waals surface area contributed by atoms with Crippen LogP contribution in [-0.4, -0.2) is 72.0 Å². The molecule has 0 saturated carbocycles. The van der Waals surface area contributed by atoms with Gasteiger partial charge in [0.15, 0.2) is 9.84 Å². The molecule has 3 heterocycles. The van der Waals surface area contributed by atoms with Crippen LogP contribution in [0, 0.1) is 0 Å². The average molecular weight is 586 g/mol. The first kappa shape index (κ1) is 27.0. The molecule has 3 aliphatic rings. The number of nitrogens with one attached hydrogen (secondary N) is 1. The fraction of sp³-hybridized carbons (Fsp3) is 0.269. The second kappa shape index (κ2) is 10.5. The zero-order valence-electron chi connectivity index (χ0n) is 20.7. The van der Waals surface area contributed by atoms with E-state index < -0.39 is 39.6 Å². The lowest BCUT2D eigenvalue weighted by atomic mass is 10.1. The van der Waals surface area contributed by atoms with Crippen molar-refractivity contribution in [2.75, 3.05) is 34.9 Å². The van der Waals surface area contributed by atoms with Gasteiger partial charge in [-0.05, 0) is 43.7 Å². The third-order valence-corrected chi connectivity index (χ3v) is 9.66. The highest BCUT2D eigenvalue weighted by Gasteiger charge is 2.46. The van der Waals surface area contributed by atoms with Gasteiger partial charge in [-0.3, -0.25) is 24.2 Å². The predicted octanol–water partition coefficient (Wildman–Crippen LogP) is 2.61. The molecule has 2 aromatic carbocycles. The maximum Gasteiger partial charge on any atom is 0.338 e. The highest BCUT2D eigenvalue weighted by Crippen LogP contribution is 2.45. The Bertz CT molecular complexity index is 1550. The number of para-hydroxylation sites is 1. The minimum atomic E-state index is -3.25. The number of anilines is 2. The molecular formula is C26H23N3O7S3. The number of nitrogens with zero attached hydrogens (tertiary/aromatic N) is 2. The largest absolute Gasteiger partial charge is 0.462 e. The summed E-state index contributed by atoms with van der Waals surface area (Å²) in [6, 6.07) is 12.4. The summed E-state index contributed by atoms with van der Waals surface area (Å²) in [5, 5.41) is 2.71. The lowest BCUT2D eigenvalue weighted by Gasteiger charge is -2.21. The van der Waals surface area contributed by atoms with Gasteiger partial charge in [0.25, 0.3) is 11.8 Å². The molecule has 1 N–H and O–H groups in total. The zero-order valence-corrected chi connectivity index (χ0v) is 23.2. The number of thioether (sulfide) groups is 1. The van der Waals surface area contributed by atoms with Crippen LogP contribution in [0.15, 0.2) is 53.4 Å². The van der Waals surface area contributed by atoms with Gasteiger partial charge >= 0.3 is 5.97 Å². The molecule has 0 spiro atoms. The van der Waals surface area contributed by atoms with Crippen LogP contribution >= 0.6 is 24.0 Å². The van der Waals surface area contributed by atoms with E-state index in [1.165, 1.54) is 21.9 Å². The number of amides is 3. The van der Waals surface area contributed by atoms with E-state index >= 15 is 0 Å². The van der Waals surface area contributed by atoms with Crippen LogP contribution in [0.3, 0.4) is 0 Å². The first-order valence-electron chi connectivity index (χ1n) is 12.1. The Morgan fingerprint density at radius 2 is 1.82 bits per heavy atom. The summed E-state index contributed by atoms with van der Waals surface area (Å²) in [6.07, 6.45) is 0.287. The molecule has 0 aliphatic carbocycles. The number of carbonyl (C=O) groups is 4. The number of esters is 1. The van der Waals surface area contributed by atoms with Crippen molar-refractivity contribution in [2.24, 2.45) is 0 Å². The van der Waals surface area contributed by atoms with Crippen molar-refractivity contribution in [3.05, 3.63) is 64.6 Å². The third kappa shape index (κ3) is 5.21. The molecule has 3 aliphatic heterocycles. The number of hydrogen-bond donors (Lipinski definition) is 1. The van der Waals surface area contributed by atoms with Crippen LogP contribution in [0.5, 0.6) is 0 Å². The fourth-order valence-electron chi connectivity index (χ4n) is 4.73. The Labute approximate surface area is 234 Å². The summed E-state index contributed by atoms with van der Waals surface area (Å²) < 4.78 is 29.2. The van der Waals surface area contributed by atoms with Crippen molar-refractivity contribution < 1.29 is 32.3 Å². The smallest absolute Gasteiger partial charge is 0.338 e. The Hall–Kier alpha value is -3.55. The maximum absolute atomic E-state index is 13.6. The first-order chi connectivity index (χ1) is 18.6. The fourth-order valence-corrected chi connectivity index (χ4v) is 7.90. The van der Waals surface area contributed by atoms with Crippen LogP contribution in [0.25, 0.3) is 5.57 Å². The van der Waals surface area contributed by atoms with E-state index in [4.69, 9.17) is 17.0 Å². The number of sulfone groups is 1. The van der Waals surface area contributed by atoms with Gasteiger partial charge in [0.05, 0.1) is 45.9 Å². The van der Waals surface area contributed by atoms with Crippen LogP contribution in [0.2, 0.25) is 0 Å². The standard InChI is InChI=1S/C26H23N3O7S3/c1-2-36-25(33)15-7-9-16(10-8-15)27-20(30)13-28-19-6-4-3-5-18(19)21(23(28)31)22-24(32)29(26(37)38-22)17-11-12-39(34,35)14-17/h3-10,17H,2,11-14H2,1H3,(H,27,30)/b22-21+. The Kier molecular flexibility index (Phi) is 7.31. The van der Waals surface area contributed by atoms with E-state index in [1.54, 1.807) is 43.3 Å². The Balaban J connectivity index is 1.37. The molecule has 3 amide bonds. The first-order valence-corrected chi connectivity index (χ1v) is 15.1. The van der Waals surface area contributed by atoms with Crippen molar-refractivity contribution in [3.63, 3.8) is 0 Å². The van der Waals surface area contributed by atoms with E-state index in [-0.39, 0.29) is 45.9 Å². The van der Waals surface area contributed by atoms with E-state index in [2.05, 4.69) is 5.32 Å². The molecule has 39 heavy (non-hydrogen) atoms. The van der Waals surface area contributed by atoms with Gasteiger partial charge in [-0.25, -0.2) is 13.2 Å². The average Bonchev–Trinajstić information content (AvgIpc) is 3.49. The molecule has 13 heteroatoms. The molecule has 2 saturated heterocycles. The van der Waals surface area contributed by atoms with Gasteiger partial charge in [-0.2, -0.15) is 0 Å². The van der Waals surface area contributed by atoms with E-state index in [0.717, 1.165) is 11.8 Å². The quantitative estimate of drug-likeness (QED) is 0.309. The monoisotopic (exact) mass is 585 g/mol. The summed E-state index contributed by atoms with van der Waals surface area (Å²) in [5.74, 6) is -2.16. The molecule has 0 bridgehead atoms. The minimum absolute atomic E-state index is 0.0170. The molecule has 2 aromatic rings. The Morgan fingerprint density at radius 1 is 1.10 bits per heavy atom. The highest BCUT2D eigenvalue weighted by molar-refractivity contribution is 8.26. The van der Waals surface area contributed by atoms with Crippen molar-refractivity contribution in [1.82, 2.24) is 4.90 Å². The maximum atomic E-state index is 13.6. The van der Waals surface area contributed by atoms with Crippen molar-refractivity contribution in [3.8, 4) is 0 Å². The van der Waals surface area contributed by atoms with Gasteiger partial charge in [0.2, 0.25) is 5.91 Å². The number of hydrogen-bond acceptors (Lipinski definition) is 9. The Morgan fingerprint density at radius 3 is 2.49 bits per heavy atom. The SMILES string of the molecule is CCOC(=O)c1ccc(NC(=O)CN2C(=O)/C(=C3/SC(=S)N(C4CCS(=O)(=O)C4)C3=O)c3ccccc32)cc1. The molecule has 0 radical (unpaired) electrons. The van der Waals surface area contributed by atoms with Crippen LogP contribution < -0.4 is 10.2 Å². The summed E-state index contributed by atoms with van der Waals surface area (Å²) in [6.45, 7) is 1.64. The van der Waals surface area contributed by atoms with Gasteiger partial charge in [-0.1, -0.05) is 42.2 Å². The normalized spacial score (nSPS) is 21.9. The van der Waals surface area contributed by atoms with E-state index in [9.17, 15) is 27.6 Å². The van der Waals surface area contributed by atoms with E-state index in [1.807, 2.05) is 0 Å². The van der Waals surface area contributed by atoms with Gasteiger partial charge in [0, 0.05) is 11.3 Å². The number of benzene rings is 2. The molecule has 1 unspecified atom stereocenters. The predicted molar refractivity (Wildman–Crippen MR) is 151 cm³/mol. The summed E-state index contributed by atoms with van der Waals surface area (Å²) in [7, 11) is -3.25. The number of thiocarbonyl (C=S) groups is 1.